The highest BCUT2D eigenvalue weighted by Gasteiger charge is 2.27. The first-order chi connectivity index (χ1) is 13.8. The fourth-order valence-electron chi connectivity index (χ4n) is 3.43. The number of benzene rings is 2. The van der Waals surface area contributed by atoms with Crippen LogP contribution < -0.4 is 4.74 Å². The topological polar surface area (TPSA) is 35.5 Å². The zero-order valence-electron chi connectivity index (χ0n) is 15.6. The van der Waals surface area contributed by atoms with E-state index in [1.807, 2.05) is 0 Å². The Hall–Kier alpha value is -2.48. The summed E-state index contributed by atoms with van der Waals surface area (Å²) in [6, 6.07) is 2.78. The van der Waals surface area contributed by atoms with Crippen LogP contribution >= 0.6 is 0 Å². The third-order valence-corrected chi connectivity index (χ3v) is 4.88. The molecule has 0 amide bonds. The molecule has 2 unspecified atom stereocenters. The zero-order valence-corrected chi connectivity index (χ0v) is 15.6. The molecule has 0 aliphatic carbocycles. The van der Waals surface area contributed by atoms with Crippen molar-refractivity contribution in [2.24, 2.45) is 5.92 Å². The molecule has 1 heterocycles. The third kappa shape index (κ3) is 4.75. The van der Waals surface area contributed by atoms with Gasteiger partial charge >= 0.3 is 5.97 Å². The minimum absolute atomic E-state index is 0.255. The van der Waals surface area contributed by atoms with Gasteiger partial charge in [-0.25, -0.2) is 26.7 Å². The molecule has 1 aliphatic heterocycles. The maximum Gasteiger partial charge on any atom is 0.349 e. The van der Waals surface area contributed by atoms with Crippen LogP contribution in [0.25, 0.3) is 0 Å². The predicted octanol–water partition coefficient (Wildman–Crippen LogP) is 5.87. The Bertz CT molecular complexity index is 861. The summed E-state index contributed by atoms with van der Waals surface area (Å²) in [4.78, 5) is 12.1. The first kappa shape index (κ1) is 21.2. The second-order valence-electron chi connectivity index (χ2n) is 7.00. The van der Waals surface area contributed by atoms with E-state index in [1.54, 1.807) is 0 Å². The molecule has 2 atom stereocenters. The minimum Gasteiger partial charge on any atom is -0.423 e. The fourth-order valence-corrected chi connectivity index (χ4v) is 3.43. The number of rotatable bonds is 5. The SMILES string of the molecule is CCCC1CCC(c2cc(F)c(C(=O)Oc3cc(F)c(F)c(F)c3)c(F)c2)OC1. The summed E-state index contributed by atoms with van der Waals surface area (Å²) >= 11 is 0. The molecule has 0 radical (unpaired) electrons. The van der Waals surface area contributed by atoms with Gasteiger partial charge in [0.15, 0.2) is 17.5 Å². The Morgan fingerprint density at radius 2 is 1.62 bits per heavy atom. The van der Waals surface area contributed by atoms with Crippen LogP contribution in [0.15, 0.2) is 24.3 Å². The van der Waals surface area contributed by atoms with Crippen LogP contribution in [-0.4, -0.2) is 12.6 Å². The van der Waals surface area contributed by atoms with Gasteiger partial charge < -0.3 is 9.47 Å². The van der Waals surface area contributed by atoms with Crippen molar-refractivity contribution in [3.8, 4) is 5.75 Å². The Balaban J connectivity index is 1.76. The number of ether oxygens (including phenoxy) is 2. The van der Waals surface area contributed by atoms with E-state index in [9.17, 15) is 26.7 Å². The normalized spacial score (nSPS) is 19.2. The number of carbonyl (C=O) groups excluding carboxylic acids is 1. The van der Waals surface area contributed by atoms with Crippen molar-refractivity contribution in [1.82, 2.24) is 0 Å². The van der Waals surface area contributed by atoms with E-state index in [-0.39, 0.29) is 5.56 Å². The van der Waals surface area contributed by atoms with E-state index in [0.29, 0.717) is 31.1 Å². The molecular formula is C21H19F5O3. The Labute approximate surface area is 164 Å². The van der Waals surface area contributed by atoms with Crippen molar-refractivity contribution in [3.05, 3.63) is 64.5 Å². The highest BCUT2D eigenvalue weighted by molar-refractivity contribution is 5.91. The molecule has 0 aromatic heterocycles. The molecule has 1 fully saturated rings. The predicted molar refractivity (Wildman–Crippen MR) is 94.0 cm³/mol. The van der Waals surface area contributed by atoms with Crippen LogP contribution in [0.4, 0.5) is 22.0 Å². The van der Waals surface area contributed by atoms with Crippen molar-refractivity contribution < 1.29 is 36.2 Å². The molecule has 0 N–H and O–H groups in total. The average molecular weight is 414 g/mol. The van der Waals surface area contributed by atoms with Crippen LogP contribution in [-0.2, 0) is 4.74 Å². The molecule has 2 aromatic carbocycles. The van der Waals surface area contributed by atoms with Crippen molar-refractivity contribution in [3.63, 3.8) is 0 Å². The summed E-state index contributed by atoms with van der Waals surface area (Å²) in [6.07, 6.45) is 3.03. The Morgan fingerprint density at radius 3 is 2.14 bits per heavy atom. The Morgan fingerprint density at radius 1 is 1.00 bits per heavy atom. The summed E-state index contributed by atoms with van der Waals surface area (Å²) in [7, 11) is 0. The van der Waals surface area contributed by atoms with Crippen LogP contribution in [0.2, 0.25) is 0 Å². The van der Waals surface area contributed by atoms with Gasteiger partial charge in [-0.1, -0.05) is 13.3 Å². The van der Waals surface area contributed by atoms with E-state index in [2.05, 4.69) is 11.7 Å². The second kappa shape index (κ2) is 8.90. The largest absolute Gasteiger partial charge is 0.423 e. The van der Waals surface area contributed by atoms with Crippen LogP contribution in [0.3, 0.4) is 0 Å². The van der Waals surface area contributed by atoms with Gasteiger partial charge in [-0.05, 0) is 42.9 Å². The smallest absolute Gasteiger partial charge is 0.349 e. The third-order valence-electron chi connectivity index (χ3n) is 4.88. The van der Waals surface area contributed by atoms with Gasteiger partial charge in [0.25, 0.3) is 0 Å². The lowest BCUT2D eigenvalue weighted by atomic mass is 9.91. The second-order valence-corrected chi connectivity index (χ2v) is 7.00. The van der Waals surface area contributed by atoms with Gasteiger partial charge in [-0.2, -0.15) is 0 Å². The van der Waals surface area contributed by atoms with Gasteiger partial charge in [0, 0.05) is 12.1 Å². The maximum absolute atomic E-state index is 14.4. The summed E-state index contributed by atoms with van der Waals surface area (Å²) in [6.45, 7) is 2.57. The molecule has 1 aliphatic rings. The lowest BCUT2D eigenvalue weighted by molar-refractivity contribution is -0.0197. The van der Waals surface area contributed by atoms with Gasteiger partial charge in [-0.15, -0.1) is 0 Å². The molecular weight excluding hydrogens is 395 g/mol. The summed E-state index contributed by atoms with van der Waals surface area (Å²) < 4.78 is 78.6. The highest BCUT2D eigenvalue weighted by atomic mass is 19.2. The molecule has 156 valence electrons. The molecule has 0 bridgehead atoms. The number of esters is 1. The van der Waals surface area contributed by atoms with Crippen molar-refractivity contribution >= 4 is 5.97 Å². The lowest BCUT2D eigenvalue weighted by Crippen LogP contribution is -2.21. The van der Waals surface area contributed by atoms with Crippen LogP contribution in [0, 0.1) is 35.0 Å². The summed E-state index contributed by atoms with van der Waals surface area (Å²) in [5.41, 5.74) is -0.760. The molecule has 8 heteroatoms. The van der Waals surface area contributed by atoms with Gasteiger partial charge in [0.05, 0.1) is 12.7 Å². The average Bonchev–Trinajstić information content (AvgIpc) is 2.66. The number of hydrogen-bond donors (Lipinski definition) is 0. The van der Waals surface area contributed by atoms with E-state index >= 15 is 0 Å². The molecule has 0 spiro atoms. The van der Waals surface area contributed by atoms with Crippen LogP contribution in [0.5, 0.6) is 5.75 Å². The van der Waals surface area contributed by atoms with E-state index < -0.39 is 52.5 Å². The van der Waals surface area contributed by atoms with Crippen molar-refractivity contribution in [2.45, 2.75) is 38.7 Å². The van der Waals surface area contributed by atoms with E-state index in [1.165, 1.54) is 0 Å². The summed E-state index contributed by atoms with van der Waals surface area (Å²) in [5, 5.41) is 0. The standard InChI is InChI=1S/C21H19F5O3/c1-2-3-11-4-5-18(28-10-11)12-6-14(22)19(15(23)7-12)21(27)29-13-8-16(24)20(26)17(25)9-13/h6-9,11,18H,2-5,10H2,1H3. The molecule has 29 heavy (non-hydrogen) atoms. The monoisotopic (exact) mass is 414 g/mol. The van der Waals surface area contributed by atoms with Crippen molar-refractivity contribution in [1.29, 1.82) is 0 Å². The molecule has 1 saturated heterocycles. The fraction of sp³-hybridized carbons (Fsp3) is 0.381. The molecule has 2 aromatic rings. The molecule has 0 saturated carbocycles. The maximum atomic E-state index is 14.4. The molecule has 3 rings (SSSR count). The van der Waals surface area contributed by atoms with Gasteiger partial charge in [-0.3, -0.25) is 0 Å². The number of carbonyl (C=O) groups is 1. The highest BCUT2D eigenvalue weighted by Crippen LogP contribution is 2.34. The van der Waals surface area contributed by atoms with Crippen molar-refractivity contribution in [2.75, 3.05) is 6.61 Å². The van der Waals surface area contributed by atoms with Crippen LogP contribution in [0.1, 0.15) is 54.6 Å². The van der Waals surface area contributed by atoms with E-state index in [4.69, 9.17) is 4.74 Å². The lowest BCUT2D eigenvalue weighted by Gasteiger charge is -2.29. The number of hydrogen-bond acceptors (Lipinski definition) is 3. The van der Waals surface area contributed by atoms with E-state index in [0.717, 1.165) is 31.4 Å². The zero-order chi connectivity index (χ0) is 21.1. The first-order valence-corrected chi connectivity index (χ1v) is 9.27. The molecule has 3 nitrogen and oxygen atoms in total. The quantitative estimate of drug-likeness (QED) is 0.266. The van der Waals surface area contributed by atoms with Gasteiger partial charge in [0.1, 0.15) is 22.9 Å². The van der Waals surface area contributed by atoms with Gasteiger partial charge in [0.2, 0.25) is 0 Å². The summed E-state index contributed by atoms with van der Waals surface area (Å²) in [5.74, 6) is -9.12. The number of halogens is 5. The Kier molecular flexibility index (Phi) is 6.52. The first-order valence-electron chi connectivity index (χ1n) is 9.27. The minimum atomic E-state index is -1.75.